The SMILES string of the molecule is CC(O)c1nc(N)nc(N)c1N. The van der Waals surface area contributed by atoms with Gasteiger partial charge in [-0.1, -0.05) is 0 Å². The highest BCUT2D eigenvalue weighted by molar-refractivity contribution is 5.63. The first kappa shape index (κ1) is 8.54. The zero-order valence-electron chi connectivity index (χ0n) is 6.65. The van der Waals surface area contributed by atoms with E-state index in [2.05, 4.69) is 9.97 Å². The van der Waals surface area contributed by atoms with Gasteiger partial charge in [0.05, 0.1) is 17.5 Å². The maximum atomic E-state index is 9.17. The Morgan fingerprint density at radius 2 is 1.83 bits per heavy atom. The van der Waals surface area contributed by atoms with Crippen LogP contribution in [0.3, 0.4) is 0 Å². The van der Waals surface area contributed by atoms with E-state index in [1.165, 1.54) is 6.92 Å². The Bertz CT molecular complexity index is 298. The highest BCUT2D eigenvalue weighted by atomic mass is 16.3. The molecule has 1 unspecified atom stereocenters. The van der Waals surface area contributed by atoms with Crippen molar-refractivity contribution < 1.29 is 5.11 Å². The molecular weight excluding hydrogens is 158 g/mol. The van der Waals surface area contributed by atoms with Gasteiger partial charge < -0.3 is 22.3 Å². The summed E-state index contributed by atoms with van der Waals surface area (Å²) < 4.78 is 0. The van der Waals surface area contributed by atoms with Crippen molar-refractivity contribution in [1.29, 1.82) is 0 Å². The molecule has 0 radical (unpaired) electrons. The van der Waals surface area contributed by atoms with Crippen molar-refractivity contribution in [2.24, 2.45) is 0 Å². The predicted molar refractivity (Wildman–Crippen MR) is 45.9 cm³/mol. The molecule has 0 aliphatic heterocycles. The molecule has 1 heterocycles. The standard InChI is InChI=1S/C6H11N5O/c1-2(12)4-3(7)5(8)11-6(9)10-4/h2,12H,7H2,1H3,(H4,8,9,10,11). The molecule has 1 rings (SSSR count). The van der Waals surface area contributed by atoms with Gasteiger partial charge in [0.1, 0.15) is 0 Å². The van der Waals surface area contributed by atoms with E-state index in [1.54, 1.807) is 0 Å². The summed E-state index contributed by atoms with van der Waals surface area (Å²) in [5.74, 6) is 0.107. The van der Waals surface area contributed by atoms with Gasteiger partial charge in [-0.15, -0.1) is 0 Å². The monoisotopic (exact) mass is 169 g/mol. The van der Waals surface area contributed by atoms with Gasteiger partial charge in [0, 0.05) is 0 Å². The van der Waals surface area contributed by atoms with Gasteiger partial charge in [-0.3, -0.25) is 0 Å². The highest BCUT2D eigenvalue weighted by Crippen LogP contribution is 2.22. The van der Waals surface area contributed by atoms with E-state index in [0.717, 1.165) is 0 Å². The molecule has 1 atom stereocenters. The molecule has 0 saturated carbocycles. The first-order valence-corrected chi connectivity index (χ1v) is 3.38. The number of rotatable bonds is 1. The van der Waals surface area contributed by atoms with Crippen LogP contribution in [-0.4, -0.2) is 15.1 Å². The number of hydrogen-bond acceptors (Lipinski definition) is 6. The lowest BCUT2D eigenvalue weighted by atomic mass is 10.2. The number of anilines is 3. The molecule has 6 heteroatoms. The van der Waals surface area contributed by atoms with Crippen LogP contribution in [0.5, 0.6) is 0 Å². The molecule has 0 bridgehead atoms. The van der Waals surface area contributed by atoms with E-state index in [9.17, 15) is 5.11 Å². The molecule has 12 heavy (non-hydrogen) atoms. The molecule has 0 amide bonds. The van der Waals surface area contributed by atoms with Gasteiger partial charge >= 0.3 is 0 Å². The third-order valence-corrected chi connectivity index (χ3v) is 1.42. The summed E-state index contributed by atoms with van der Waals surface area (Å²) in [7, 11) is 0. The second kappa shape index (κ2) is 2.82. The van der Waals surface area contributed by atoms with Crippen LogP contribution in [0, 0.1) is 0 Å². The van der Waals surface area contributed by atoms with Crippen molar-refractivity contribution in [3.05, 3.63) is 5.69 Å². The van der Waals surface area contributed by atoms with E-state index in [4.69, 9.17) is 17.2 Å². The Labute approximate surface area is 69.4 Å². The van der Waals surface area contributed by atoms with E-state index in [-0.39, 0.29) is 23.1 Å². The number of aliphatic hydroxyl groups is 1. The summed E-state index contributed by atoms with van der Waals surface area (Å²) in [4.78, 5) is 7.37. The second-order valence-electron chi connectivity index (χ2n) is 2.44. The molecular formula is C6H11N5O. The number of hydrogen-bond donors (Lipinski definition) is 4. The molecule has 0 aliphatic carbocycles. The maximum Gasteiger partial charge on any atom is 0.222 e. The summed E-state index contributed by atoms with van der Waals surface area (Å²) in [5, 5.41) is 9.17. The molecule has 66 valence electrons. The van der Waals surface area contributed by atoms with Crippen LogP contribution in [0.15, 0.2) is 0 Å². The molecule has 7 N–H and O–H groups in total. The topological polar surface area (TPSA) is 124 Å². The van der Waals surface area contributed by atoms with Crippen LogP contribution in [0.25, 0.3) is 0 Å². The largest absolute Gasteiger partial charge is 0.394 e. The number of nitrogens with zero attached hydrogens (tertiary/aromatic N) is 2. The van der Waals surface area contributed by atoms with E-state index >= 15 is 0 Å². The van der Waals surface area contributed by atoms with Gasteiger partial charge in [-0.05, 0) is 6.92 Å². The Morgan fingerprint density at radius 1 is 1.25 bits per heavy atom. The molecule has 0 fully saturated rings. The summed E-state index contributed by atoms with van der Waals surface area (Å²) in [6.45, 7) is 1.53. The minimum Gasteiger partial charge on any atom is -0.394 e. The van der Waals surface area contributed by atoms with Crippen molar-refractivity contribution in [3.63, 3.8) is 0 Å². The summed E-state index contributed by atoms with van der Waals surface area (Å²) in [5.41, 5.74) is 16.6. The minimum atomic E-state index is -0.794. The van der Waals surface area contributed by atoms with Crippen molar-refractivity contribution in [3.8, 4) is 0 Å². The molecule has 1 aromatic rings. The minimum absolute atomic E-state index is 0.0117. The zero-order chi connectivity index (χ0) is 9.30. The van der Waals surface area contributed by atoms with E-state index in [0.29, 0.717) is 0 Å². The number of nitrogen functional groups attached to an aromatic ring is 3. The van der Waals surface area contributed by atoms with Gasteiger partial charge in [-0.25, -0.2) is 4.98 Å². The van der Waals surface area contributed by atoms with Crippen LogP contribution in [0.1, 0.15) is 18.7 Å². The van der Waals surface area contributed by atoms with Crippen molar-refractivity contribution >= 4 is 17.5 Å². The van der Waals surface area contributed by atoms with Crippen molar-refractivity contribution in [2.45, 2.75) is 13.0 Å². The number of aliphatic hydroxyl groups excluding tert-OH is 1. The van der Waals surface area contributed by atoms with E-state index < -0.39 is 6.10 Å². The van der Waals surface area contributed by atoms with Crippen LogP contribution in [-0.2, 0) is 0 Å². The van der Waals surface area contributed by atoms with Gasteiger partial charge in [-0.2, -0.15) is 4.98 Å². The lowest BCUT2D eigenvalue weighted by Gasteiger charge is -2.09. The Kier molecular flexibility index (Phi) is 2.01. The maximum absolute atomic E-state index is 9.17. The quantitative estimate of drug-likeness (QED) is 0.439. The molecule has 0 spiro atoms. The fourth-order valence-corrected chi connectivity index (χ4v) is 0.842. The molecule has 0 aliphatic rings. The fraction of sp³-hybridized carbons (Fsp3) is 0.333. The van der Waals surface area contributed by atoms with Crippen LogP contribution in [0.2, 0.25) is 0 Å². The first-order chi connectivity index (χ1) is 5.52. The number of aromatic nitrogens is 2. The van der Waals surface area contributed by atoms with Gasteiger partial charge in [0.25, 0.3) is 0 Å². The zero-order valence-corrected chi connectivity index (χ0v) is 6.65. The predicted octanol–water partition coefficient (Wildman–Crippen LogP) is -0.723. The summed E-state index contributed by atoms with van der Waals surface area (Å²) in [6, 6.07) is 0. The van der Waals surface area contributed by atoms with Gasteiger partial charge in [0.15, 0.2) is 5.82 Å². The average molecular weight is 169 g/mol. The summed E-state index contributed by atoms with van der Waals surface area (Å²) >= 11 is 0. The normalized spacial score (nSPS) is 12.8. The second-order valence-corrected chi connectivity index (χ2v) is 2.44. The van der Waals surface area contributed by atoms with E-state index in [1.807, 2.05) is 0 Å². The lowest BCUT2D eigenvalue weighted by Crippen LogP contribution is -2.10. The van der Waals surface area contributed by atoms with Crippen LogP contribution >= 0.6 is 0 Å². The highest BCUT2D eigenvalue weighted by Gasteiger charge is 2.11. The molecule has 0 aromatic carbocycles. The third kappa shape index (κ3) is 1.37. The fourth-order valence-electron chi connectivity index (χ4n) is 0.842. The number of nitrogens with two attached hydrogens (primary N) is 3. The Hall–Kier alpha value is -1.56. The Balaban J connectivity index is 3.28. The van der Waals surface area contributed by atoms with Crippen molar-refractivity contribution in [1.82, 2.24) is 9.97 Å². The smallest absolute Gasteiger partial charge is 0.222 e. The van der Waals surface area contributed by atoms with Crippen LogP contribution < -0.4 is 17.2 Å². The first-order valence-electron chi connectivity index (χ1n) is 3.38. The van der Waals surface area contributed by atoms with Gasteiger partial charge in [0.2, 0.25) is 5.95 Å². The lowest BCUT2D eigenvalue weighted by molar-refractivity contribution is 0.195. The third-order valence-electron chi connectivity index (χ3n) is 1.42. The molecule has 0 saturated heterocycles. The van der Waals surface area contributed by atoms with Crippen LogP contribution in [0.4, 0.5) is 17.5 Å². The Morgan fingerprint density at radius 3 is 2.33 bits per heavy atom. The molecule has 6 nitrogen and oxygen atoms in total. The molecule has 1 aromatic heterocycles. The van der Waals surface area contributed by atoms with Crippen molar-refractivity contribution in [2.75, 3.05) is 17.2 Å². The summed E-state index contributed by atoms with van der Waals surface area (Å²) in [6.07, 6.45) is -0.794. The average Bonchev–Trinajstić information content (AvgIpc) is 1.96.